The number of nitrogens with one attached hydrogen (secondary N) is 1. The minimum absolute atomic E-state index is 0.00936. The van der Waals surface area contributed by atoms with E-state index >= 15 is 0 Å². The highest BCUT2D eigenvalue weighted by atomic mass is 16.5. The minimum atomic E-state index is -0.126. The number of anilines is 1. The summed E-state index contributed by atoms with van der Waals surface area (Å²) >= 11 is 0. The Bertz CT molecular complexity index is 470. The lowest BCUT2D eigenvalue weighted by atomic mass is 10.0. The van der Waals surface area contributed by atoms with Crippen molar-refractivity contribution in [3.63, 3.8) is 0 Å². The zero-order valence-electron chi connectivity index (χ0n) is 10.2. The lowest BCUT2D eigenvalue weighted by Crippen LogP contribution is -2.19. The van der Waals surface area contributed by atoms with Gasteiger partial charge in [-0.15, -0.1) is 0 Å². The number of ether oxygens (including phenoxy) is 2. The first-order valence-corrected chi connectivity index (χ1v) is 5.75. The van der Waals surface area contributed by atoms with Gasteiger partial charge in [0.1, 0.15) is 19.0 Å². The fourth-order valence-electron chi connectivity index (χ4n) is 1.81. The van der Waals surface area contributed by atoms with E-state index in [0.717, 1.165) is 17.7 Å². The zero-order valence-corrected chi connectivity index (χ0v) is 10.2. The summed E-state index contributed by atoms with van der Waals surface area (Å²) in [6, 6.07) is 5.45. The monoisotopic (exact) mass is 249 g/mol. The first kappa shape index (κ1) is 12.6. The van der Waals surface area contributed by atoms with Gasteiger partial charge in [-0.3, -0.25) is 9.59 Å². The van der Waals surface area contributed by atoms with Gasteiger partial charge in [-0.2, -0.15) is 0 Å². The average molecular weight is 249 g/mol. The molecular formula is C13H15NO4. The van der Waals surface area contributed by atoms with E-state index in [9.17, 15) is 9.59 Å². The van der Waals surface area contributed by atoms with Gasteiger partial charge >= 0.3 is 0 Å². The van der Waals surface area contributed by atoms with Crippen molar-refractivity contribution in [1.29, 1.82) is 0 Å². The third-order valence-electron chi connectivity index (χ3n) is 2.68. The Morgan fingerprint density at radius 3 is 2.94 bits per heavy atom. The molecule has 96 valence electrons. The molecule has 1 aromatic carbocycles. The fourth-order valence-corrected chi connectivity index (χ4v) is 1.81. The Balaban J connectivity index is 2.00. The molecule has 1 aromatic rings. The highest BCUT2D eigenvalue weighted by Gasteiger charge is 2.15. The molecule has 1 heterocycles. The predicted molar refractivity (Wildman–Crippen MR) is 65.8 cm³/mol. The van der Waals surface area contributed by atoms with E-state index in [0.29, 0.717) is 12.2 Å². The van der Waals surface area contributed by atoms with E-state index in [2.05, 4.69) is 5.32 Å². The first-order valence-electron chi connectivity index (χ1n) is 5.75. The van der Waals surface area contributed by atoms with E-state index in [1.807, 2.05) is 6.07 Å². The van der Waals surface area contributed by atoms with Crippen molar-refractivity contribution in [3.8, 4) is 5.75 Å². The number of ketones is 1. The van der Waals surface area contributed by atoms with E-state index in [1.54, 1.807) is 12.1 Å². The van der Waals surface area contributed by atoms with Crippen molar-refractivity contribution in [1.82, 2.24) is 0 Å². The number of aryl methyl sites for hydroxylation is 1. The largest absolute Gasteiger partial charge is 0.486 e. The van der Waals surface area contributed by atoms with Crippen LogP contribution in [0.5, 0.6) is 5.75 Å². The zero-order chi connectivity index (χ0) is 13.0. The van der Waals surface area contributed by atoms with E-state index in [4.69, 9.17) is 9.47 Å². The van der Waals surface area contributed by atoms with Crippen LogP contribution in [-0.2, 0) is 20.7 Å². The van der Waals surface area contributed by atoms with Gasteiger partial charge in [-0.1, -0.05) is 6.07 Å². The Morgan fingerprint density at radius 1 is 1.33 bits per heavy atom. The number of amides is 1. The molecule has 0 spiro atoms. The number of methoxy groups -OCH3 is 1. The van der Waals surface area contributed by atoms with Crippen molar-refractivity contribution < 1.29 is 19.1 Å². The van der Waals surface area contributed by atoms with Gasteiger partial charge in [0.15, 0.2) is 5.78 Å². The van der Waals surface area contributed by atoms with Crippen molar-refractivity contribution in [2.24, 2.45) is 0 Å². The molecule has 0 saturated heterocycles. The van der Waals surface area contributed by atoms with Crippen molar-refractivity contribution >= 4 is 17.4 Å². The van der Waals surface area contributed by atoms with Gasteiger partial charge in [-0.25, -0.2) is 0 Å². The van der Waals surface area contributed by atoms with Gasteiger partial charge in [0.25, 0.3) is 0 Å². The summed E-state index contributed by atoms with van der Waals surface area (Å²) in [6.07, 6.45) is 1.25. The standard InChI is InChI=1S/C13H15NO4/c1-17-7-10(15)8-18-11-4-2-9-3-5-13(16)14-12(9)6-11/h2,4,6H,3,5,7-8H2,1H3,(H,14,16). The fraction of sp³-hybridized carbons (Fsp3) is 0.385. The maximum Gasteiger partial charge on any atom is 0.224 e. The molecule has 5 heteroatoms. The van der Waals surface area contributed by atoms with E-state index in [1.165, 1.54) is 7.11 Å². The summed E-state index contributed by atoms with van der Waals surface area (Å²) in [7, 11) is 1.46. The molecule has 0 aliphatic carbocycles. The third kappa shape index (κ3) is 3.07. The summed E-state index contributed by atoms with van der Waals surface area (Å²) in [4.78, 5) is 22.5. The lowest BCUT2D eigenvalue weighted by Gasteiger charge is -2.17. The van der Waals surface area contributed by atoms with Crippen LogP contribution in [0.25, 0.3) is 0 Å². The van der Waals surface area contributed by atoms with Crippen LogP contribution in [-0.4, -0.2) is 32.0 Å². The summed E-state index contributed by atoms with van der Waals surface area (Å²) < 4.78 is 10.1. The highest BCUT2D eigenvalue weighted by molar-refractivity contribution is 5.94. The lowest BCUT2D eigenvalue weighted by molar-refractivity contribution is -0.124. The minimum Gasteiger partial charge on any atom is -0.486 e. The normalized spacial score (nSPS) is 13.7. The number of hydrogen-bond acceptors (Lipinski definition) is 4. The number of fused-ring (bicyclic) bond motifs is 1. The molecule has 2 rings (SSSR count). The van der Waals surface area contributed by atoms with Crippen molar-refractivity contribution in [2.45, 2.75) is 12.8 Å². The number of benzene rings is 1. The maximum atomic E-state index is 11.3. The number of carbonyl (C=O) groups excluding carboxylic acids is 2. The molecule has 0 saturated carbocycles. The SMILES string of the molecule is COCC(=O)COc1ccc2c(c1)NC(=O)CC2. The predicted octanol–water partition coefficient (Wildman–Crippen LogP) is 1.17. The van der Waals surface area contributed by atoms with Gasteiger partial charge in [0.2, 0.25) is 5.91 Å². The van der Waals surface area contributed by atoms with Crippen molar-refractivity contribution in [2.75, 3.05) is 25.6 Å². The number of rotatable bonds is 5. The number of hydrogen-bond donors (Lipinski definition) is 1. The van der Waals surface area contributed by atoms with Crippen LogP contribution in [0, 0.1) is 0 Å². The van der Waals surface area contributed by atoms with Crippen LogP contribution in [0.15, 0.2) is 18.2 Å². The molecule has 5 nitrogen and oxygen atoms in total. The molecule has 0 aromatic heterocycles. The average Bonchev–Trinajstić information content (AvgIpc) is 2.36. The molecule has 0 unspecified atom stereocenters. The van der Waals surface area contributed by atoms with E-state index in [-0.39, 0.29) is 24.9 Å². The van der Waals surface area contributed by atoms with Gasteiger partial charge in [0, 0.05) is 25.3 Å². The van der Waals surface area contributed by atoms with Crippen molar-refractivity contribution in [3.05, 3.63) is 23.8 Å². The van der Waals surface area contributed by atoms with Gasteiger partial charge < -0.3 is 14.8 Å². The molecule has 0 bridgehead atoms. The summed E-state index contributed by atoms with van der Waals surface area (Å²) in [5, 5.41) is 2.78. The van der Waals surface area contributed by atoms with Crippen LogP contribution in [0.2, 0.25) is 0 Å². The molecule has 1 amide bonds. The highest BCUT2D eigenvalue weighted by Crippen LogP contribution is 2.26. The second-order valence-corrected chi connectivity index (χ2v) is 4.13. The van der Waals surface area contributed by atoms with E-state index < -0.39 is 0 Å². The molecule has 0 fully saturated rings. The Kier molecular flexibility index (Phi) is 3.94. The van der Waals surface area contributed by atoms with Crippen LogP contribution < -0.4 is 10.1 Å². The number of Topliss-reactive ketones (excluding diaryl/α,β-unsaturated/α-hetero) is 1. The summed E-state index contributed by atoms with van der Waals surface area (Å²) in [5.74, 6) is 0.453. The quantitative estimate of drug-likeness (QED) is 0.850. The Morgan fingerprint density at radius 2 is 2.17 bits per heavy atom. The second kappa shape index (κ2) is 5.64. The molecule has 0 atom stereocenters. The topological polar surface area (TPSA) is 64.6 Å². The van der Waals surface area contributed by atoms with Crippen LogP contribution in [0.1, 0.15) is 12.0 Å². The van der Waals surface area contributed by atoms with Crippen LogP contribution in [0.4, 0.5) is 5.69 Å². The first-order chi connectivity index (χ1) is 8.69. The Labute approximate surface area is 105 Å². The van der Waals surface area contributed by atoms with Gasteiger partial charge in [0.05, 0.1) is 0 Å². The summed E-state index contributed by atoms with van der Waals surface area (Å²) in [6.45, 7) is 0.0161. The van der Waals surface area contributed by atoms with Crippen LogP contribution in [0.3, 0.4) is 0 Å². The molecule has 1 N–H and O–H groups in total. The molecule has 1 aliphatic heterocycles. The smallest absolute Gasteiger partial charge is 0.224 e. The molecule has 0 radical (unpaired) electrons. The molecule has 1 aliphatic rings. The molecule has 18 heavy (non-hydrogen) atoms. The third-order valence-corrected chi connectivity index (χ3v) is 2.68. The maximum absolute atomic E-state index is 11.3. The number of carbonyl (C=O) groups is 2. The Hall–Kier alpha value is -1.88. The van der Waals surface area contributed by atoms with Crippen LogP contribution >= 0.6 is 0 Å². The summed E-state index contributed by atoms with van der Waals surface area (Å²) in [5.41, 5.74) is 1.85. The second-order valence-electron chi connectivity index (χ2n) is 4.13. The molecular weight excluding hydrogens is 234 g/mol. The van der Waals surface area contributed by atoms with Gasteiger partial charge in [-0.05, 0) is 18.1 Å².